The lowest BCUT2D eigenvalue weighted by molar-refractivity contribution is -0.144. The average Bonchev–Trinajstić information content (AvgIpc) is 2.87. The predicted octanol–water partition coefficient (Wildman–Crippen LogP) is 3.30. The van der Waals surface area contributed by atoms with Gasteiger partial charge in [-0.1, -0.05) is 0 Å². The lowest BCUT2D eigenvalue weighted by Gasteiger charge is -2.56. The van der Waals surface area contributed by atoms with Gasteiger partial charge in [0, 0.05) is 17.9 Å². The van der Waals surface area contributed by atoms with Crippen LogP contribution in [0, 0.1) is 23.2 Å². The fourth-order valence-electron chi connectivity index (χ4n) is 6.03. The van der Waals surface area contributed by atoms with Gasteiger partial charge in [0.15, 0.2) is 0 Å². The van der Waals surface area contributed by atoms with E-state index in [-0.39, 0.29) is 5.41 Å². The summed E-state index contributed by atoms with van der Waals surface area (Å²) in [6.07, 6.45) is 12.6. The van der Waals surface area contributed by atoms with Crippen LogP contribution in [-0.4, -0.2) is 18.4 Å². The molecule has 1 aliphatic heterocycles. The molecule has 4 bridgehead atoms. The molecule has 2 nitrogen and oxygen atoms in total. The monoisotopic (exact) mass is 261 g/mol. The number of hydrogen-bond acceptors (Lipinski definition) is 2. The van der Waals surface area contributed by atoms with Crippen molar-refractivity contribution < 1.29 is 4.79 Å². The summed E-state index contributed by atoms with van der Waals surface area (Å²) in [5.41, 5.74) is 0.146. The molecule has 1 heterocycles. The summed E-state index contributed by atoms with van der Waals surface area (Å²) < 4.78 is 0. The lowest BCUT2D eigenvalue weighted by atomic mass is 9.48. The maximum atomic E-state index is 12.8. The van der Waals surface area contributed by atoms with E-state index in [9.17, 15) is 4.79 Å². The van der Waals surface area contributed by atoms with Crippen molar-refractivity contribution in [3.05, 3.63) is 0 Å². The molecule has 5 fully saturated rings. The van der Waals surface area contributed by atoms with Gasteiger partial charge in [0.25, 0.3) is 0 Å². The Kier molecular flexibility index (Phi) is 2.98. The molecule has 0 aromatic heterocycles. The van der Waals surface area contributed by atoms with Crippen LogP contribution in [0.1, 0.15) is 64.2 Å². The van der Waals surface area contributed by atoms with Gasteiger partial charge in [-0.15, -0.1) is 0 Å². The number of carbonyl (C=O) groups is 1. The maximum absolute atomic E-state index is 12.8. The van der Waals surface area contributed by atoms with Crippen LogP contribution in [0.3, 0.4) is 0 Å². The minimum Gasteiger partial charge on any atom is -0.314 e. The van der Waals surface area contributed by atoms with Crippen LogP contribution in [0.25, 0.3) is 0 Å². The third-order valence-electron chi connectivity index (χ3n) is 6.51. The van der Waals surface area contributed by atoms with E-state index < -0.39 is 0 Å². The second-order valence-corrected chi connectivity index (χ2v) is 7.95. The smallest absolute Gasteiger partial charge is 0.139 e. The molecular weight excluding hydrogens is 234 g/mol. The molecule has 0 aromatic carbocycles. The van der Waals surface area contributed by atoms with Crippen LogP contribution in [0.5, 0.6) is 0 Å². The van der Waals surface area contributed by atoms with Gasteiger partial charge in [0.2, 0.25) is 0 Å². The van der Waals surface area contributed by atoms with Crippen molar-refractivity contribution in [3.63, 3.8) is 0 Å². The van der Waals surface area contributed by atoms with Crippen molar-refractivity contribution in [3.8, 4) is 0 Å². The minimum atomic E-state index is 0.146. The Morgan fingerprint density at radius 3 is 2.21 bits per heavy atom. The largest absolute Gasteiger partial charge is 0.314 e. The van der Waals surface area contributed by atoms with Crippen LogP contribution >= 0.6 is 0 Å². The molecule has 106 valence electrons. The molecule has 0 spiro atoms. The molecule has 4 aliphatic carbocycles. The Hall–Kier alpha value is -0.370. The van der Waals surface area contributed by atoms with Crippen molar-refractivity contribution in [1.29, 1.82) is 0 Å². The summed E-state index contributed by atoms with van der Waals surface area (Å²) >= 11 is 0. The van der Waals surface area contributed by atoms with Crippen molar-refractivity contribution in [2.45, 2.75) is 70.3 Å². The lowest BCUT2D eigenvalue weighted by Crippen LogP contribution is -2.50. The van der Waals surface area contributed by atoms with E-state index in [1.54, 1.807) is 0 Å². The number of hydrogen-bond donors (Lipinski definition) is 1. The van der Waals surface area contributed by atoms with Crippen molar-refractivity contribution in [1.82, 2.24) is 5.32 Å². The molecule has 1 unspecified atom stereocenters. The molecular formula is C17H27NO. The zero-order chi connectivity index (χ0) is 12.9. The molecule has 1 saturated heterocycles. The molecule has 5 aliphatic rings. The van der Waals surface area contributed by atoms with E-state index in [0.717, 1.165) is 37.1 Å². The van der Waals surface area contributed by atoms with Crippen LogP contribution in [0.4, 0.5) is 0 Å². The number of carbonyl (C=O) groups excluding carboxylic acids is 1. The molecule has 4 saturated carbocycles. The quantitative estimate of drug-likeness (QED) is 0.841. The summed E-state index contributed by atoms with van der Waals surface area (Å²) in [4.78, 5) is 12.8. The Morgan fingerprint density at radius 1 is 1.05 bits per heavy atom. The van der Waals surface area contributed by atoms with Gasteiger partial charge in [0.05, 0.1) is 0 Å². The summed E-state index contributed by atoms with van der Waals surface area (Å²) in [6.45, 7) is 1.16. The van der Waals surface area contributed by atoms with Gasteiger partial charge >= 0.3 is 0 Å². The average molecular weight is 261 g/mol. The SMILES string of the molecule is O=C(CCC1CCCN1)C12CC3CC(CC(C3)C1)C2. The molecule has 1 atom stereocenters. The highest BCUT2D eigenvalue weighted by Crippen LogP contribution is 2.60. The van der Waals surface area contributed by atoms with Crippen LogP contribution in [0.15, 0.2) is 0 Å². The number of rotatable bonds is 4. The highest BCUT2D eigenvalue weighted by atomic mass is 16.1. The molecule has 19 heavy (non-hydrogen) atoms. The molecule has 5 rings (SSSR count). The van der Waals surface area contributed by atoms with Crippen molar-refractivity contribution in [2.24, 2.45) is 23.2 Å². The first-order valence-electron chi connectivity index (χ1n) is 8.50. The molecule has 0 amide bonds. The Bertz CT molecular complexity index is 334. The van der Waals surface area contributed by atoms with Gasteiger partial charge in [-0.05, 0) is 82.1 Å². The fourth-order valence-corrected chi connectivity index (χ4v) is 6.03. The molecule has 0 radical (unpaired) electrons. The van der Waals surface area contributed by atoms with E-state index >= 15 is 0 Å². The van der Waals surface area contributed by atoms with E-state index in [1.807, 2.05) is 0 Å². The predicted molar refractivity (Wildman–Crippen MR) is 75.9 cm³/mol. The minimum absolute atomic E-state index is 0.146. The first kappa shape index (κ1) is 12.4. The summed E-state index contributed by atoms with van der Waals surface area (Å²) in [6, 6.07) is 0.637. The standard InChI is InChI=1S/C17H27NO/c19-16(4-3-15-2-1-5-18-15)17-9-12-6-13(10-17)8-14(7-12)11-17/h12-15,18H,1-11H2. The Labute approximate surface area is 116 Å². The summed E-state index contributed by atoms with van der Waals surface area (Å²) in [7, 11) is 0. The highest BCUT2D eigenvalue weighted by Gasteiger charge is 2.53. The number of Topliss-reactive ketones (excluding diaryl/α,β-unsaturated/α-hetero) is 1. The first-order chi connectivity index (χ1) is 9.23. The second-order valence-electron chi connectivity index (χ2n) is 7.95. The topological polar surface area (TPSA) is 29.1 Å². The number of ketones is 1. The Balaban J connectivity index is 1.41. The van der Waals surface area contributed by atoms with Gasteiger partial charge in [-0.3, -0.25) is 4.79 Å². The summed E-state index contributed by atoms with van der Waals surface area (Å²) in [5.74, 6) is 3.35. The van der Waals surface area contributed by atoms with Crippen molar-refractivity contribution >= 4 is 5.78 Å². The van der Waals surface area contributed by atoms with Crippen LogP contribution in [-0.2, 0) is 4.79 Å². The Morgan fingerprint density at radius 2 is 1.68 bits per heavy atom. The zero-order valence-electron chi connectivity index (χ0n) is 12.0. The first-order valence-corrected chi connectivity index (χ1v) is 8.50. The van der Waals surface area contributed by atoms with Crippen LogP contribution in [0.2, 0.25) is 0 Å². The normalized spacial score (nSPS) is 47.8. The fraction of sp³-hybridized carbons (Fsp3) is 0.941. The third kappa shape index (κ3) is 2.16. The maximum Gasteiger partial charge on any atom is 0.139 e. The molecule has 1 N–H and O–H groups in total. The van der Waals surface area contributed by atoms with E-state index in [0.29, 0.717) is 11.8 Å². The van der Waals surface area contributed by atoms with E-state index in [2.05, 4.69) is 5.32 Å². The van der Waals surface area contributed by atoms with Gasteiger partial charge in [-0.25, -0.2) is 0 Å². The second kappa shape index (κ2) is 4.58. The number of nitrogens with one attached hydrogen (secondary N) is 1. The van der Waals surface area contributed by atoms with Crippen LogP contribution < -0.4 is 5.32 Å². The van der Waals surface area contributed by atoms with Crippen molar-refractivity contribution in [2.75, 3.05) is 6.54 Å². The van der Waals surface area contributed by atoms with E-state index in [1.165, 1.54) is 51.4 Å². The van der Waals surface area contributed by atoms with Gasteiger partial charge in [-0.2, -0.15) is 0 Å². The third-order valence-corrected chi connectivity index (χ3v) is 6.51. The zero-order valence-corrected chi connectivity index (χ0v) is 12.0. The van der Waals surface area contributed by atoms with E-state index in [4.69, 9.17) is 0 Å². The molecule has 2 heteroatoms. The molecule has 0 aromatic rings. The summed E-state index contributed by atoms with van der Waals surface area (Å²) in [5, 5.41) is 3.53. The highest BCUT2D eigenvalue weighted by molar-refractivity contribution is 5.85. The van der Waals surface area contributed by atoms with Gasteiger partial charge < -0.3 is 5.32 Å². The van der Waals surface area contributed by atoms with Gasteiger partial charge in [0.1, 0.15) is 5.78 Å².